The van der Waals surface area contributed by atoms with E-state index in [-0.39, 0.29) is 0 Å². The number of likely N-dealkylation sites (tertiary alicyclic amines) is 1. The van der Waals surface area contributed by atoms with Crippen LogP contribution in [0, 0.1) is 0 Å². The molecule has 19 heavy (non-hydrogen) atoms. The summed E-state index contributed by atoms with van der Waals surface area (Å²) in [6, 6.07) is 1.97. The SMILES string of the molecule is COC1CCN(Cc2sccc2C=CC(=O)O)CC1. The van der Waals surface area contributed by atoms with Gasteiger partial charge in [-0.25, -0.2) is 4.79 Å². The van der Waals surface area contributed by atoms with Crippen molar-refractivity contribution < 1.29 is 14.6 Å². The van der Waals surface area contributed by atoms with Gasteiger partial charge in [-0.05, 0) is 35.9 Å². The second kappa shape index (κ2) is 6.84. The third-order valence-corrected chi connectivity index (χ3v) is 4.34. The molecule has 1 aromatic heterocycles. The van der Waals surface area contributed by atoms with Crippen LogP contribution in [0.15, 0.2) is 17.5 Å². The van der Waals surface area contributed by atoms with Gasteiger partial charge in [0.1, 0.15) is 0 Å². The molecule has 0 aliphatic carbocycles. The first kappa shape index (κ1) is 14.2. The summed E-state index contributed by atoms with van der Waals surface area (Å²) in [5, 5.41) is 10.7. The minimum atomic E-state index is -0.905. The van der Waals surface area contributed by atoms with Crippen molar-refractivity contribution in [3.8, 4) is 0 Å². The first-order chi connectivity index (χ1) is 9.19. The Balaban J connectivity index is 1.93. The Morgan fingerprint density at radius 1 is 1.58 bits per heavy atom. The van der Waals surface area contributed by atoms with Gasteiger partial charge in [-0.15, -0.1) is 11.3 Å². The number of carboxylic acid groups (broad SMARTS) is 1. The van der Waals surface area contributed by atoms with Gasteiger partial charge < -0.3 is 9.84 Å². The normalized spacial score (nSPS) is 18.2. The summed E-state index contributed by atoms with van der Waals surface area (Å²) in [6.45, 7) is 2.98. The maximum Gasteiger partial charge on any atom is 0.328 e. The molecule has 1 saturated heterocycles. The third kappa shape index (κ3) is 4.16. The van der Waals surface area contributed by atoms with Gasteiger partial charge in [0.05, 0.1) is 6.10 Å². The first-order valence-corrected chi connectivity index (χ1v) is 7.29. The van der Waals surface area contributed by atoms with Crippen LogP contribution in [0.5, 0.6) is 0 Å². The lowest BCUT2D eigenvalue weighted by Gasteiger charge is -2.30. The van der Waals surface area contributed by atoms with Gasteiger partial charge in [0.2, 0.25) is 0 Å². The minimum absolute atomic E-state index is 0.394. The van der Waals surface area contributed by atoms with E-state index >= 15 is 0 Å². The topological polar surface area (TPSA) is 49.8 Å². The van der Waals surface area contributed by atoms with E-state index in [1.165, 1.54) is 11.0 Å². The second-order valence-electron chi connectivity index (χ2n) is 4.68. The van der Waals surface area contributed by atoms with Crippen molar-refractivity contribution in [1.82, 2.24) is 4.90 Å². The van der Waals surface area contributed by atoms with E-state index in [0.717, 1.165) is 38.0 Å². The van der Waals surface area contributed by atoms with Crippen LogP contribution in [0.25, 0.3) is 6.08 Å². The molecule has 1 aromatic rings. The lowest BCUT2D eigenvalue weighted by atomic mass is 10.1. The molecule has 2 rings (SSSR count). The number of rotatable bonds is 5. The van der Waals surface area contributed by atoms with Crippen molar-refractivity contribution in [3.05, 3.63) is 28.0 Å². The Labute approximate surface area is 117 Å². The predicted octanol–water partition coefficient (Wildman–Crippen LogP) is 2.46. The summed E-state index contributed by atoms with van der Waals surface area (Å²) < 4.78 is 5.36. The number of hydrogen-bond acceptors (Lipinski definition) is 4. The van der Waals surface area contributed by atoms with E-state index in [4.69, 9.17) is 9.84 Å². The maximum atomic E-state index is 10.6. The molecule has 2 heterocycles. The van der Waals surface area contributed by atoms with Crippen molar-refractivity contribution >= 4 is 23.4 Å². The molecule has 1 N–H and O–H groups in total. The molecular formula is C14H19NO3S. The predicted molar refractivity (Wildman–Crippen MR) is 76.3 cm³/mol. The highest BCUT2D eigenvalue weighted by molar-refractivity contribution is 7.10. The summed E-state index contributed by atoms with van der Waals surface area (Å²) in [5.74, 6) is -0.905. The van der Waals surface area contributed by atoms with Crippen molar-refractivity contribution in [2.75, 3.05) is 20.2 Å². The fraction of sp³-hybridized carbons (Fsp3) is 0.500. The smallest absolute Gasteiger partial charge is 0.328 e. The van der Waals surface area contributed by atoms with Crippen LogP contribution in [0.1, 0.15) is 23.3 Å². The summed E-state index contributed by atoms with van der Waals surface area (Å²) in [6.07, 6.45) is 5.41. The zero-order chi connectivity index (χ0) is 13.7. The number of thiophene rings is 1. The van der Waals surface area contributed by atoms with Gasteiger partial charge in [-0.2, -0.15) is 0 Å². The number of piperidine rings is 1. The first-order valence-electron chi connectivity index (χ1n) is 6.41. The summed E-state index contributed by atoms with van der Waals surface area (Å²) in [5.41, 5.74) is 1.02. The van der Waals surface area contributed by atoms with Crippen molar-refractivity contribution in [2.45, 2.75) is 25.5 Å². The highest BCUT2D eigenvalue weighted by Crippen LogP contribution is 2.23. The van der Waals surface area contributed by atoms with E-state index in [0.29, 0.717) is 6.10 Å². The van der Waals surface area contributed by atoms with E-state index < -0.39 is 5.97 Å². The number of ether oxygens (including phenoxy) is 1. The van der Waals surface area contributed by atoms with Gasteiger partial charge in [0, 0.05) is 37.7 Å². The van der Waals surface area contributed by atoms with Gasteiger partial charge in [-0.3, -0.25) is 4.90 Å². The molecule has 1 aliphatic heterocycles. The van der Waals surface area contributed by atoms with Crippen LogP contribution in [0.2, 0.25) is 0 Å². The van der Waals surface area contributed by atoms with Crippen LogP contribution >= 0.6 is 11.3 Å². The average Bonchev–Trinajstić information content (AvgIpc) is 2.84. The van der Waals surface area contributed by atoms with Crippen LogP contribution in [-0.4, -0.2) is 42.3 Å². The Morgan fingerprint density at radius 3 is 2.95 bits per heavy atom. The van der Waals surface area contributed by atoms with Crippen LogP contribution in [0.3, 0.4) is 0 Å². The molecule has 1 aliphatic rings. The standard InChI is InChI=1S/C14H19NO3S/c1-18-12-4-7-15(8-5-12)10-13-11(6-9-19-13)2-3-14(16)17/h2-3,6,9,12H,4-5,7-8,10H2,1H3,(H,16,17). The van der Waals surface area contributed by atoms with Crippen molar-refractivity contribution in [1.29, 1.82) is 0 Å². The molecule has 5 heteroatoms. The molecule has 4 nitrogen and oxygen atoms in total. The summed E-state index contributed by atoms with van der Waals surface area (Å²) in [4.78, 5) is 14.2. The minimum Gasteiger partial charge on any atom is -0.478 e. The van der Waals surface area contributed by atoms with Crippen molar-refractivity contribution in [2.24, 2.45) is 0 Å². The zero-order valence-corrected chi connectivity index (χ0v) is 11.9. The number of methoxy groups -OCH3 is 1. The highest BCUT2D eigenvalue weighted by Gasteiger charge is 2.19. The molecule has 1 fully saturated rings. The second-order valence-corrected chi connectivity index (χ2v) is 5.68. The molecule has 0 bridgehead atoms. The number of carbonyl (C=O) groups is 1. The zero-order valence-electron chi connectivity index (χ0n) is 11.0. The third-order valence-electron chi connectivity index (χ3n) is 3.42. The fourth-order valence-corrected chi connectivity index (χ4v) is 3.20. The monoisotopic (exact) mass is 281 g/mol. The van der Waals surface area contributed by atoms with Gasteiger partial charge in [0.15, 0.2) is 0 Å². The number of nitrogens with zero attached hydrogens (tertiary/aromatic N) is 1. The van der Waals surface area contributed by atoms with Gasteiger partial charge in [-0.1, -0.05) is 0 Å². The molecule has 0 atom stereocenters. The molecule has 0 spiro atoms. The van der Waals surface area contributed by atoms with E-state index in [1.54, 1.807) is 24.5 Å². The fourth-order valence-electron chi connectivity index (χ4n) is 2.29. The Hall–Kier alpha value is -1.17. The van der Waals surface area contributed by atoms with E-state index in [2.05, 4.69) is 4.90 Å². The molecule has 104 valence electrons. The average molecular weight is 281 g/mol. The van der Waals surface area contributed by atoms with Crippen LogP contribution in [0.4, 0.5) is 0 Å². The molecule has 0 unspecified atom stereocenters. The lowest BCUT2D eigenvalue weighted by molar-refractivity contribution is -0.131. The van der Waals surface area contributed by atoms with E-state index in [9.17, 15) is 4.79 Å². The van der Waals surface area contributed by atoms with Gasteiger partial charge in [0.25, 0.3) is 0 Å². The number of aliphatic carboxylic acids is 1. The lowest BCUT2D eigenvalue weighted by Crippen LogP contribution is -2.36. The largest absolute Gasteiger partial charge is 0.478 e. The van der Waals surface area contributed by atoms with Crippen LogP contribution < -0.4 is 0 Å². The highest BCUT2D eigenvalue weighted by atomic mass is 32.1. The van der Waals surface area contributed by atoms with E-state index in [1.807, 2.05) is 11.4 Å². The Bertz CT molecular complexity index is 447. The molecule has 0 radical (unpaired) electrons. The van der Waals surface area contributed by atoms with Crippen molar-refractivity contribution in [3.63, 3.8) is 0 Å². The van der Waals surface area contributed by atoms with Gasteiger partial charge >= 0.3 is 5.97 Å². The molecular weight excluding hydrogens is 262 g/mol. The Kier molecular flexibility index (Phi) is 5.13. The maximum absolute atomic E-state index is 10.6. The molecule has 0 aromatic carbocycles. The molecule has 0 amide bonds. The summed E-state index contributed by atoms with van der Waals surface area (Å²) >= 11 is 1.68. The number of carboxylic acids is 1. The molecule has 0 saturated carbocycles. The number of hydrogen-bond donors (Lipinski definition) is 1. The quantitative estimate of drug-likeness (QED) is 0.842. The summed E-state index contributed by atoms with van der Waals surface area (Å²) in [7, 11) is 1.77. The van der Waals surface area contributed by atoms with Crippen LogP contribution in [-0.2, 0) is 16.1 Å². The Morgan fingerprint density at radius 2 is 2.32 bits per heavy atom.